The Hall–Kier alpha value is -2.45. The summed E-state index contributed by atoms with van der Waals surface area (Å²) in [6.45, 7) is 1.86. The molecule has 0 bridgehead atoms. The molecule has 7 heteroatoms. The second-order valence-corrected chi connectivity index (χ2v) is 8.77. The molecule has 3 rings (SSSR count). The van der Waals surface area contributed by atoms with Gasteiger partial charge >= 0.3 is 11.9 Å². The van der Waals surface area contributed by atoms with Gasteiger partial charge in [0.25, 0.3) is 0 Å². The maximum absolute atomic E-state index is 12.8. The summed E-state index contributed by atoms with van der Waals surface area (Å²) in [5.74, 6) is -1.14. The van der Waals surface area contributed by atoms with Crippen LogP contribution in [-0.2, 0) is 22.7 Å². The summed E-state index contributed by atoms with van der Waals surface area (Å²) in [7, 11) is 0. The Kier molecular flexibility index (Phi) is 8.03. The van der Waals surface area contributed by atoms with Gasteiger partial charge in [-0.15, -0.1) is 0 Å². The van der Waals surface area contributed by atoms with Gasteiger partial charge in [0.1, 0.15) is 19.3 Å². The van der Waals surface area contributed by atoms with Gasteiger partial charge in [0.05, 0.1) is 16.7 Å². The molecule has 0 saturated heterocycles. The number of nitrogens with zero attached hydrogens (tertiary/aromatic N) is 1. The van der Waals surface area contributed by atoms with Gasteiger partial charge in [-0.2, -0.15) is 5.26 Å². The van der Waals surface area contributed by atoms with Crippen LogP contribution in [-0.4, -0.2) is 11.9 Å². The Bertz CT molecular complexity index is 1160. The number of carbonyl (C=O) groups is 2. The average molecular weight is 637 g/mol. The fourth-order valence-corrected chi connectivity index (χ4v) is 4.63. The molecule has 0 saturated carbocycles. The molecule has 0 spiro atoms. The van der Waals surface area contributed by atoms with E-state index in [1.54, 1.807) is 6.92 Å². The molecule has 0 unspecified atom stereocenters. The third-order valence-electron chi connectivity index (χ3n) is 4.58. The predicted molar refractivity (Wildman–Crippen MR) is 132 cm³/mol. The molecule has 0 aliphatic rings. The van der Waals surface area contributed by atoms with Gasteiger partial charge < -0.3 is 9.47 Å². The zero-order valence-electron chi connectivity index (χ0n) is 16.5. The monoisotopic (exact) mass is 637 g/mol. The highest BCUT2D eigenvalue weighted by molar-refractivity contribution is 14.1. The molecule has 0 atom stereocenters. The molecular formula is C24H17I2NO4. The first-order valence-corrected chi connectivity index (χ1v) is 11.4. The maximum atomic E-state index is 12.8. The van der Waals surface area contributed by atoms with E-state index in [-0.39, 0.29) is 29.9 Å². The van der Waals surface area contributed by atoms with Crippen LogP contribution in [0, 0.1) is 25.4 Å². The van der Waals surface area contributed by atoms with Crippen LogP contribution < -0.4 is 0 Å². The van der Waals surface area contributed by atoms with Crippen LogP contribution >= 0.6 is 45.2 Å². The van der Waals surface area contributed by atoms with E-state index in [1.165, 1.54) is 0 Å². The number of halogens is 2. The van der Waals surface area contributed by atoms with Crippen molar-refractivity contribution in [1.29, 1.82) is 5.26 Å². The van der Waals surface area contributed by atoms with Crippen LogP contribution in [0.1, 0.15) is 43.0 Å². The highest BCUT2D eigenvalue weighted by Gasteiger charge is 2.28. The zero-order valence-corrected chi connectivity index (χ0v) is 20.8. The summed E-state index contributed by atoms with van der Waals surface area (Å²) in [6, 6.07) is 20.7. The van der Waals surface area contributed by atoms with Crippen molar-refractivity contribution in [2.75, 3.05) is 0 Å². The van der Waals surface area contributed by atoms with Crippen LogP contribution in [0.4, 0.5) is 0 Å². The first kappa shape index (κ1) is 23.2. The molecule has 0 radical (unpaired) electrons. The van der Waals surface area contributed by atoms with E-state index in [2.05, 4.69) is 6.07 Å². The molecule has 3 aromatic carbocycles. The highest BCUT2D eigenvalue weighted by Crippen LogP contribution is 2.31. The number of nitriles is 1. The lowest BCUT2D eigenvalue weighted by Crippen LogP contribution is -2.17. The van der Waals surface area contributed by atoms with Crippen molar-refractivity contribution < 1.29 is 19.1 Å². The number of ether oxygens (including phenoxy) is 2. The third-order valence-corrected chi connectivity index (χ3v) is 7.77. The predicted octanol–water partition coefficient (Wildman–Crippen LogP) is 5.79. The van der Waals surface area contributed by atoms with Gasteiger partial charge in [-0.3, -0.25) is 0 Å². The van der Waals surface area contributed by atoms with Crippen LogP contribution in [0.3, 0.4) is 0 Å². The van der Waals surface area contributed by atoms with Crippen molar-refractivity contribution in [3.05, 3.63) is 101 Å². The van der Waals surface area contributed by atoms with Crippen LogP contribution in [0.5, 0.6) is 0 Å². The molecule has 0 aliphatic carbocycles. The first-order valence-electron chi connectivity index (χ1n) is 9.27. The molecule has 0 fully saturated rings. The van der Waals surface area contributed by atoms with E-state index >= 15 is 0 Å². The van der Waals surface area contributed by atoms with E-state index in [0.717, 1.165) is 11.1 Å². The minimum Gasteiger partial charge on any atom is -0.457 e. The molecular weight excluding hydrogens is 620 g/mol. The lowest BCUT2D eigenvalue weighted by Gasteiger charge is -2.16. The van der Waals surface area contributed by atoms with E-state index in [9.17, 15) is 14.9 Å². The summed E-state index contributed by atoms with van der Waals surface area (Å²) < 4.78 is 11.9. The lowest BCUT2D eigenvalue weighted by molar-refractivity contribution is 0.0455. The smallest absolute Gasteiger partial charge is 0.340 e. The Balaban J connectivity index is 1.88. The first-order chi connectivity index (χ1) is 14.9. The van der Waals surface area contributed by atoms with Gasteiger partial charge in [-0.1, -0.05) is 60.7 Å². The average Bonchev–Trinajstić information content (AvgIpc) is 2.79. The number of rotatable bonds is 6. The molecule has 3 aromatic rings. The summed E-state index contributed by atoms with van der Waals surface area (Å²) >= 11 is 3.98. The summed E-state index contributed by atoms with van der Waals surface area (Å²) in [5.41, 5.74) is 2.68. The molecule has 0 N–H and O–H groups in total. The molecule has 156 valence electrons. The van der Waals surface area contributed by atoms with Crippen molar-refractivity contribution in [2.24, 2.45) is 0 Å². The lowest BCUT2D eigenvalue weighted by atomic mass is 9.97. The van der Waals surface area contributed by atoms with Crippen molar-refractivity contribution in [3.63, 3.8) is 0 Å². The van der Waals surface area contributed by atoms with E-state index in [0.29, 0.717) is 12.7 Å². The largest absolute Gasteiger partial charge is 0.457 e. The van der Waals surface area contributed by atoms with E-state index in [1.807, 2.05) is 106 Å². The normalized spacial score (nSPS) is 10.3. The summed E-state index contributed by atoms with van der Waals surface area (Å²) in [5, 5.41) is 9.75. The number of benzene rings is 3. The number of hydrogen-bond donors (Lipinski definition) is 0. The number of hydrogen-bond acceptors (Lipinski definition) is 5. The zero-order chi connectivity index (χ0) is 22.4. The van der Waals surface area contributed by atoms with Gasteiger partial charge in [0.2, 0.25) is 0 Å². The Morgan fingerprint density at radius 1 is 0.806 bits per heavy atom. The fourth-order valence-electron chi connectivity index (χ4n) is 2.97. The van der Waals surface area contributed by atoms with Gasteiger partial charge in [-0.05, 0) is 68.8 Å². The Labute approximate surface area is 207 Å². The quantitative estimate of drug-likeness (QED) is 0.253. The number of esters is 2. The third kappa shape index (κ3) is 5.43. The van der Waals surface area contributed by atoms with Crippen molar-refractivity contribution >= 4 is 57.1 Å². The second kappa shape index (κ2) is 10.7. The van der Waals surface area contributed by atoms with E-state index < -0.39 is 11.9 Å². The van der Waals surface area contributed by atoms with Crippen LogP contribution in [0.2, 0.25) is 0 Å². The molecule has 0 aliphatic heterocycles. The molecule has 31 heavy (non-hydrogen) atoms. The number of carbonyl (C=O) groups excluding carboxylic acids is 2. The highest BCUT2D eigenvalue weighted by atomic mass is 127. The Morgan fingerprint density at radius 2 is 1.23 bits per heavy atom. The fraction of sp³-hybridized carbons (Fsp3) is 0.125. The summed E-state index contributed by atoms with van der Waals surface area (Å²) in [6.07, 6.45) is 0. The molecule has 0 amide bonds. The maximum Gasteiger partial charge on any atom is 0.340 e. The summed E-state index contributed by atoms with van der Waals surface area (Å²) in [4.78, 5) is 25.6. The minimum atomic E-state index is -0.602. The van der Waals surface area contributed by atoms with Gasteiger partial charge in [0, 0.05) is 7.14 Å². The molecule has 5 nitrogen and oxygen atoms in total. The van der Waals surface area contributed by atoms with Crippen molar-refractivity contribution in [3.8, 4) is 6.07 Å². The topological polar surface area (TPSA) is 76.4 Å². The second-order valence-electron chi connectivity index (χ2n) is 6.61. The van der Waals surface area contributed by atoms with Gasteiger partial charge in [0.15, 0.2) is 0 Å². The molecule has 0 heterocycles. The SMILES string of the molecule is Cc1c(C#N)c(C(=O)OCc2ccccc2)c(I)c(I)c1C(=O)OCc1ccccc1. The van der Waals surface area contributed by atoms with Crippen molar-refractivity contribution in [1.82, 2.24) is 0 Å². The van der Waals surface area contributed by atoms with Crippen molar-refractivity contribution in [2.45, 2.75) is 20.1 Å². The van der Waals surface area contributed by atoms with E-state index in [4.69, 9.17) is 9.47 Å². The van der Waals surface area contributed by atoms with Gasteiger partial charge in [-0.25, -0.2) is 9.59 Å². The minimum absolute atomic E-state index is 0.0944. The molecule has 0 aromatic heterocycles. The van der Waals surface area contributed by atoms with Crippen LogP contribution in [0.25, 0.3) is 0 Å². The Morgan fingerprint density at radius 3 is 1.68 bits per heavy atom. The van der Waals surface area contributed by atoms with Crippen LogP contribution in [0.15, 0.2) is 60.7 Å². The standard InChI is InChI=1S/C24H17I2NO4/c1-15-18(12-27)20(24(29)31-14-17-10-6-3-7-11-17)22(26)21(25)19(15)23(28)30-13-16-8-4-2-5-9-16/h2-11H,13-14H2,1H3.